The standard InChI is InChI=1S/C16H19N5O/c22-16(18-13-7-6-11-8-17-9-12(11)13)15-14(19-21-20-15)10-4-2-1-3-5-10/h1-5,11-13,17H,6-9H2,(H,18,22)(H,19,20,21). The van der Waals surface area contributed by atoms with Gasteiger partial charge in [0.25, 0.3) is 5.91 Å². The third kappa shape index (κ3) is 2.29. The van der Waals surface area contributed by atoms with Gasteiger partial charge in [0.15, 0.2) is 5.69 Å². The summed E-state index contributed by atoms with van der Waals surface area (Å²) in [5, 5.41) is 17.3. The van der Waals surface area contributed by atoms with Crippen molar-refractivity contribution in [3.8, 4) is 11.3 Å². The maximum absolute atomic E-state index is 12.6. The Balaban J connectivity index is 1.53. The average Bonchev–Trinajstić information content (AvgIpc) is 3.26. The molecule has 4 rings (SSSR count). The fraction of sp³-hybridized carbons (Fsp3) is 0.438. The number of benzene rings is 1. The van der Waals surface area contributed by atoms with Crippen molar-refractivity contribution in [2.75, 3.05) is 13.1 Å². The SMILES string of the molecule is O=C(NC1CCC2CNCC21)c1n[nH]nc1-c1ccccc1. The average molecular weight is 297 g/mol. The molecule has 1 amide bonds. The molecule has 0 radical (unpaired) electrons. The molecule has 1 aromatic carbocycles. The highest BCUT2D eigenvalue weighted by atomic mass is 16.2. The van der Waals surface area contributed by atoms with E-state index in [-0.39, 0.29) is 11.9 Å². The van der Waals surface area contributed by atoms with Crippen molar-refractivity contribution < 1.29 is 4.79 Å². The molecular weight excluding hydrogens is 278 g/mol. The van der Waals surface area contributed by atoms with E-state index in [1.54, 1.807) is 0 Å². The van der Waals surface area contributed by atoms with Crippen LogP contribution in [0.1, 0.15) is 23.3 Å². The van der Waals surface area contributed by atoms with Crippen molar-refractivity contribution in [2.24, 2.45) is 11.8 Å². The fourth-order valence-corrected chi connectivity index (χ4v) is 3.75. The molecule has 22 heavy (non-hydrogen) atoms. The number of fused-ring (bicyclic) bond motifs is 1. The molecule has 1 saturated heterocycles. The molecule has 1 aromatic heterocycles. The molecular formula is C16H19N5O. The molecule has 1 aliphatic heterocycles. The number of aromatic amines is 1. The lowest BCUT2D eigenvalue weighted by Gasteiger charge is -2.19. The Bertz CT molecular complexity index is 668. The van der Waals surface area contributed by atoms with Crippen LogP contribution in [0.4, 0.5) is 0 Å². The van der Waals surface area contributed by atoms with Gasteiger partial charge in [-0.05, 0) is 31.2 Å². The van der Waals surface area contributed by atoms with Gasteiger partial charge in [0.1, 0.15) is 5.69 Å². The molecule has 6 nitrogen and oxygen atoms in total. The second-order valence-electron chi connectivity index (χ2n) is 6.13. The number of rotatable bonds is 3. The normalized spacial score (nSPS) is 26.8. The van der Waals surface area contributed by atoms with E-state index in [1.807, 2.05) is 30.3 Å². The first-order chi connectivity index (χ1) is 10.8. The van der Waals surface area contributed by atoms with Gasteiger partial charge in [-0.15, -0.1) is 0 Å². The quantitative estimate of drug-likeness (QED) is 0.795. The zero-order valence-electron chi connectivity index (χ0n) is 12.2. The molecule has 3 atom stereocenters. The summed E-state index contributed by atoms with van der Waals surface area (Å²) in [5.74, 6) is 1.12. The molecule has 0 spiro atoms. The Labute approximate surface area is 128 Å². The Morgan fingerprint density at radius 2 is 2.00 bits per heavy atom. The third-order valence-corrected chi connectivity index (χ3v) is 4.88. The van der Waals surface area contributed by atoms with Crippen LogP contribution in [0.25, 0.3) is 11.3 Å². The number of amides is 1. The van der Waals surface area contributed by atoms with Crippen LogP contribution in [0.2, 0.25) is 0 Å². The summed E-state index contributed by atoms with van der Waals surface area (Å²) in [6.07, 6.45) is 2.24. The molecule has 2 aromatic rings. The molecule has 2 fully saturated rings. The Morgan fingerprint density at radius 3 is 2.86 bits per heavy atom. The summed E-state index contributed by atoms with van der Waals surface area (Å²) < 4.78 is 0. The number of aromatic nitrogens is 3. The van der Waals surface area contributed by atoms with Gasteiger partial charge in [-0.1, -0.05) is 30.3 Å². The fourth-order valence-electron chi connectivity index (χ4n) is 3.75. The van der Waals surface area contributed by atoms with E-state index in [0.29, 0.717) is 23.2 Å². The van der Waals surface area contributed by atoms with Gasteiger partial charge in [-0.25, -0.2) is 0 Å². The Morgan fingerprint density at radius 1 is 1.14 bits per heavy atom. The largest absolute Gasteiger partial charge is 0.347 e. The van der Waals surface area contributed by atoms with Crippen LogP contribution in [-0.2, 0) is 0 Å². The number of hydrogen-bond donors (Lipinski definition) is 3. The van der Waals surface area contributed by atoms with Gasteiger partial charge in [-0.2, -0.15) is 15.4 Å². The molecule has 2 heterocycles. The second-order valence-corrected chi connectivity index (χ2v) is 6.13. The highest BCUT2D eigenvalue weighted by Crippen LogP contribution is 2.34. The Kier molecular flexibility index (Phi) is 3.38. The molecule has 6 heteroatoms. The van der Waals surface area contributed by atoms with Gasteiger partial charge >= 0.3 is 0 Å². The van der Waals surface area contributed by atoms with Crippen molar-refractivity contribution in [1.29, 1.82) is 0 Å². The number of nitrogens with zero attached hydrogens (tertiary/aromatic N) is 2. The molecule has 0 bridgehead atoms. The number of H-pyrrole nitrogens is 1. The minimum absolute atomic E-state index is 0.134. The van der Waals surface area contributed by atoms with Crippen molar-refractivity contribution >= 4 is 5.91 Å². The smallest absolute Gasteiger partial charge is 0.274 e. The van der Waals surface area contributed by atoms with E-state index >= 15 is 0 Å². The highest BCUT2D eigenvalue weighted by Gasteiger charge is 2.40. The van der Waals surface area contributed by atoms with Gasteiger partial charge in [0.05, 0.1) is 0 Å². The van der Waals surface area contributed by atoms with Crippen LogP contribution in [-0.4, -0.2) is 40.4 Å². The van der Waals surface area contributed by atoms with E-state index in [9.17, 15) is 4.79 Å². The zero-order chi connectivity index (χ0) is 14.9. The van der Waals surface area contributed by atoms with Crippen molar-refractivity contribution in [3.05, 3.63) is 36.0 Å². The maximum Gasteiger partial charge on any atom is 0.274 e. The Hall–Kier alpha value is -2.21. The lowest BCUT2D eigenvalue weighted by Crippen LogP contribution is -2.39. The number of nitrogens with one attached hydrogen (secondary N) is 3. The van der Waals surface area contributed by atoms with Crippen molar-refractivity contribution in [3.63, 3.8) is 0 Å². The molecule has 114 valence electrons. The topological polar surface area (TPSA) is 82.7 Å². The first kappa shape index (κ1) is 13.5. The minimum atomic E-state index is -0.134. The highest BCUT2D eigenvalue weighted by molar-refractivity contribution is 5.98. The predicted octanol–water partition coefficient (Wildman–Crippen LogP) is 1.20. The van der Waals surface area contributed by atoms with Crippen LogP contribution in [0.5, 0.6) is 0 Å². The van der Waals surface area contributed by atoms with Crippen molar-refractivity contribution in [2.45, 2.75) is 18.9 Å². The maximum atomic E-state index is 12.6. The summed E-state index contributed by atoms with van der Waals surface area (Å²) >= 11 is 0. The molecule has 1 saturated carbocycles. The van der Waals surface area contributed by atoms with E-state index in [1.165, 1.54) is 6.42 Å². The second kappa shape index (κ2) is 5.53. The lowest BCUT2D eigenvalue weighted by molar-refractivity contribution is 0.0923. The van der Waals surface area contributed by atoms with E-state index in [2.05, 4.69) is 26.0 Å². The van der Waals surface area contributed by atoms with Gasteiger partial charge < -0.3 is 10.6 Å². The van der Waals surface area contributed by atoms with Crippen LogP contribution < -0.4 is 10.6 Å². The van der Waals surface area contributed by atoms with E-state index in [0.717, 1.165) is 25.1 Å². The number of carbonyl (C=O) groups excluding carboxylic acids is 1. The summed E-state index contributed by atoms with van der Waals surface area (Å²) in [6.45, 7) is 2.08. The zero-order valence-corrected chi connectivity index (χ0v) is 12.2. The molecule has 3 unspecified atom stereocenters. The molecule has 3 N–H and O–H groups in total. The molecule has 2 aliphatic rings. The third-order valence-electron chi connectivity index (χ3n) is 4.88. The summed E-state index contributed by atoms with van der Waals surface area (Å²) in [5.41, 5.74) is 1.88. The van der Waals surface area contributed by atoms with E-state index < -0.39 is 0 Å². The first-order valence-electron chi connectivity index (χ1n) is 7.80. The number of hydrogen-bond acceptors (Lipinski definition) is 4. The summed E-state index contributed by atoms with van der Waals surface area (Å²) in [6, 6.07) is 9.90. The van der Waals surface area contributed by atoms with Gasteiger partial charge in [-0.3, -0.25) is 4.79 Å². The van der Waals surface area contributed by atoms with Crippen LogP contribution in [0.3, 0.4) is 0 Å². The lowest BCUT2D eigenvalue weighted by atomic mass is 9.97. The minimum Gasteiger partial charge on any atom is -0.347 e. The van der Waals surface area contributed by atoms with Crippen molar-refractivity contribution in [1.82, 2.24) is 26.0 Å². The monoisotopic (exact) mass is 297 g/mol. The van der Waals surface area contributed by atoms with Crippen LogP contribution in [0, 0.1) is 11.8 Å². The van der Waals surface area contributed by atoms with Crippen LogP contribution in [0.15, 0.2) is 30.3 Å². The predicted molar refractivity (Wildman–Crippen MR) is 82.2 cm³/mol. The van der Waals surface area contributed by atoms with E-state index in [4.69, 9.17) is 0 Å². The molecule has 1 aliphatic carbocycles. The first-order valence-corrected chi connectivity index (χ1v) is 7.80. The van der Waals surface area contributed by atoms with Gasteiger partial charge in [0.2, 0.25) is 0 Å². The van der Waals surface area contributed by atoms with Gasteiger partial charge in [0, 0.05) is 18.2 Å². The summed E-state index contributed by atoms with van der Waals surface area (Å²) in [7, 11) is 0. The summed E-state index contributed by atoms with van der Waals surface area (Å²) in [4.78, 5) is 12.6. The number of carbonyl (C=O) groups is 1. The van der Waals surface area contributed by atoms with Crippen LogP contribution >= 0.6 is 0 Å².